The largest absolute Gasteiger partial charge is 0.284 e. The van der Waals surface area contributed by atoms with Crippen LogP contribution in [0, 0.1) is 11.3 Å². The van der Waals surface area contributed by atoms with E-state index in [-0.39, 0.29) is 5.91 Å². The van der Waals surface area contributed by atoms with Crippen LogP contribution in [0.3, 0.4) is 0 Å². The van der Waals surface area contributed by atoms with Crippen molar-refractivity contribution in [1.29, 1.82) is 5.26 Å². The molecule has 0 saturated heterocycles. The van der Waals surface area contributed by atoms with Crippen molar-refractivity contribution in [1.82, 2.24) is 0 Å². The molecule has 174 valence electrons. The minimum Gasteiger partial charge on any atom is -0.266 e. The molecule has 0 saturated carbocycles. The highest BCUT2D eigenvalue weighted by molar-refractivity contribution is 8.22. The molecule has 0 radical (unpaired) electrons. The van der Waals surface area contributed by atoms with Crippen molar-refractivity contribution >= 4 is 68.5 Å². The van der Waals surface area contributed by atoms with Crippen LogP contribution in [0.4, 0.5) is 0 Å². The Hall–Kier alpha value is -3.61. The molecule has 0 bridgehead atoms. The van der Waals surface area contributed by atoms with E-state index in [0.29, 0.717) is 20.3 Å². The summed E-state index contributed by atoms with van der Waals surface area (Å²) in [5.41, 5.74) is 0.848. The van der Waals surface area contributed by atoms with E-state index in [4.69, 9.17) is 11.6 Å². The fraction of sp³-hybridized carbons (Fsp3) is 0. The summed E-state index contributed by atoms with van der Waals surface area (Å²) in [6.07, 6.45) is 1.79. The number of hydrogen-bond acceptors (Lipinski definition) is 3. The van der Waals surface area contributed by atoms with E-state index in [1.54, 1.807) is 18.2 Å². The number of amides is 1. The highest BCUT2D eigenvalue weighted by Gasteiger charge is 2.35. The number of carbonyl (C=O) groups excluding carboxylic acids is 1. The fourth-order valence-electron chi connectivity index (χ4n) is 4.28. The van der Waals surface area contributed by atoms with E-state index >= 15 is 0 Å². The summed E-state index contributed by atoms with van der Waals surface area (Å²) in [6, 6.07) is 40.0. The smallest absolute Gasteiger partial charge is 0.266 e. The third kappa shape index (κ3) is 4.50. The van der Waals surface area contributed by atoms with Crippen molar-refractivity contribution in [3.05, 3.63) is 131 Å². The Morgan fingerprint density at radius 2 is 1.25 bits per heavy atom. The number of halogens is 1. The van der Waals surface area contributed by atoms with Gasteiger partial charge in [-0.1, -0.05) is 126 Å². The maximum Gasteiger partial charge on any atom is 0.284 e. The van der Waals surface area contributed by atoms with Crippen molar-refractivity contribution in [3.63, 3.8) is 0 Å². The number of carbonyl (C=O) groups is 1. The highest BCUT2D eigenvalue weighted by atomic mass is 35.5. The zero-order valence-electron chi connectivity index (χ0n) is 19.1. The van der Waals surface area contributed by atoms with Gasteiger partial charge in [0.2, 0.25) is 0 Å². The number of aliphatic imine (C=N–C) groups is 1. The molecule has 4 aromatic rings. The van der Waals surface area contributed by atoms with Crippen molar-refractivity contribution in [3.8, 4) is 6.07 Å². The SMILES string of the molecule is N#CC(C1=NC(=O)C(=Cc2ccc(Cl)cc2)S1)=P(c1ccccc1)(c1ccccc1)c1ccccc1. The lowest BCUT2D eigenvalue weighted by Gasteiger charge is -2.30. The average Bonchev–Trinajstić information content (AvgIpc) is 3.29. The number of hydrogen-bond donors (Lipinski definition) is 0. The second-order valence-electron chi connectivity index (χ2n) is 8.02. The lowest BCUT2D eigenvalue weighted by atomic mass is 10.2. The number of nitrogens with zero attached hydrogens (tertiary/aromatic N) is 2. The van der Waals surface area contributed by atoms with E-state index in [9.17, 15) is 10.1 Å². The molecule has 5 rings (SSSR count). The molecule has 0 spiro atoms. The molecular formula is C30H20ClN2OPS. The molecule has 1 aliphatic heterocycles. The molecule has 0 N–H and O–H groups in total. The van der Waals surface area contributed by atoms with Gasteiger partial charge >= 0.3 is 0 Å². The molecule has 6 heteroatoms. The van der Waals surface area contributed by atoms with Crippen LogP contribution in [0.25, 0.3) is 6.08 Å². The van der Waals surface area contributed by atoms with Gasteiger partial charge in [0.05, 0.1) is 10.2 Å². The third-order valence-electron chi connectivity index (χ3n) is 5.86. The molecular weight excluding hydrogens is 503 g/mol. The first kappa shape index (κ1) is 24.1. The molecule has 0 atom stereocenters. The Morgan fingerprint density at radius 3 is 1.69 bits per heavy atom. The van der Waals surface area contributed by atoms with Gasteiger partial charge in [0.1, 0.15) is 11.1 Å². The van der Waals surface area contributed by atoms with E-state index < -0.39 is 6.89 Å². The molecule has 1 amide bonds. The van der Waals surface area contributed by atoms with Gasteiger partial charge in [-0.3, -0.25) is 4.79 Å². The lowest BCUT2D eigenvalue weighted by molar-refractivity contribution is -0.113. The van der Waals surface area contributed by atoms with E-state index in [1.807, 2.05) is 66.7 Å². The fourth-order valence-corrected chi connectivity index (χ4v) is 9.77. The van der Waals surface area contributed by atoms with Crippen LogP contribution in [0.1, 0.15) is 5.56 Å². The molecule has 1 aliphatic rings. The van der Waals surface area contributed by atoms with E-state index in [0.717, 1.165) is 21.5 Å². The zero-order valence-corrected chi connectivity index (χ0v) is 21.5. The number of benzene rings is 4. The van der Waals surface area contributed by atoms with Crippen molar-refractivity contribution in [2.45, 2.75) is 0 Å². The monoisotopic (exact) mass is 522 g/mol. The van der Waals surface area contributed by atoms with Gasteiger partial charge in [0, 0.05) is 5.02 Å². The van der Waals surface area contributed by atoms with Crippen LogP contribution in [0.15, 0.2) is 125 Å². The summed E-state index contributed by atoms with van der Waals surface area (Å²) in [5, 5.41) is 15.4. The maximum absolute atomic E-state index is 13.0. The quantitative estimate of drug-likeness (QED) is 0.237. The van der Waals surface area contributed by atoms with Gasteiger partial charge in [0.25, 0.3) is 5.91 Å². The second kappa shape index (κ2) is 10.6. The summed E-state index contributed by atoms with van der Waals surface area (Å²) < 4.78 is 0. The molecule has 0 aromatic heterocycles. The Bertz CT molecular complexity index is 1470. The van der Waals surface area contributed by atoms with Crippen LogP contribution in [-0.2, 0) is 4.79 Å². The van der Waals surface area contributed by atoms with Gasteiger partial charge < -0.3 is 0 Å². The number of rotatable bonds is 5. The third-order valence-corrected chi connectivity index (χ3v) is 11.5. The van der Waals surface area contributed by atoms with Crippen molar-refractivity contribution in [2.75, 3.05) is 0 Å². The van der Waals surface area contributed by atoms with E-state index in [2.05, 4.69) is 47.5 Å². The Balaban J connectivity index is 1.79. The minimum absolute atomic E-state index is 0.343. The zero-order chi connectivity index (χ0) is 25.0. The van der Waals surface area contributed by atoms with Gasteiger partial charge in [-0.05, 0) is 46.6 Å². The molecule has 0 aliphatic carbocycles. The summed E-state index contributed by atoms with van der Waals surface area (Å²) >= 11 is 7.27. The summed E-state index contributed by atoms with van der Waals surface area (Å²) in [7, 11) is 0. The number of nitriles is 1. The van der Waals surface area contributed by atoms with Crippen molar-refractivity contribution in [2.24, 2.45) is 4.99 Å². The minimum atomic E-state index is -2.65. The normalized spacial score (nSPS) is 14.4. The van der Waals surface area contributed by atoms with Gasteiger partial charge in [-0.2, -0.15) is 5.26 Å². The Labute approximate surface area is 219 Å². The van der Waals surface area contributed by atoms with Crippen LogP contribution in [-0.4, -0.2) is 16.2 Å². The molecule has 1 heterocycles. The summed E-state index contributed by atoms with van der Waals surface area (Å²) in [4.78, 5) is 17.9. The van der Waals surface area contributed by atoms with Gasteiger partial charge in [0.15, 0.2) is 0 Å². The maximum atomic E-state index is 13.0. The first-order valence-electron chi connectivity index (χ1n) is 11.2. The standard InChI is InChI=1S/C30H20ClN2OPS/c31-23-18-16-22(17-19-23)20-28-29(34)33-30(36-28)27(21-32)35(24-10-4-1-5-11-24,25-12-6-2-7-13-25)26-14-8-3-9-15-26/h1-20H. The summed E-state index contributed by atoms with van der Waals surface area (Å²) in [5.74, 6) is -0.343. The summed E-state index contributed by atoms with van der Waals surface area (Å²) in [6.45, 7) is -2.65. The van der Waals surface area contributed by atoms with Gasteiger partial charge in [-0.25, -0.2) is 4.99 Å². The molecule has 36 heavy (non-hydrogen) atoms. The molecule has 0 fully saturated rings. The first-order chi connectivity index (χ1) is 17.6. The van der Waals surface area contributed by atoms with E-state index in [1.165, 1.54) is 11.8 Å². The first-order valence-corrected chi connectivity index (χ1v) is 14.2. The lowest BCUT2D eigenvalue weighted by Crippen LogP contribution is -2.32. The average molecular weight is 523 g/mol. The molecule has 4 aromatic carbocycles. The van der Waals surface area contributed by atoms with Crippen LogP contribution in [0.2, 0.25) is 5.02 Å². The second-order valence-corrected chi connectivity index (χ2v) is 12.8. The Morgan fingerprint density at radius 1 is 0.778 bits per heavy atom. The highest BCUT2D eigenvalue weighted by Crippen LogP contribution is 2.48. The van der Waals surface area contributed by atoms with Gasteiger partial charge in [-0.15, -0.1) is 0 Å². The molecule has 3 nitrogen and oxygen atoms in total. The molecule has 0 unspecified atom stereocenters. The van der Waals surface area contributed by atoms with Crippen LogP contribution >= 0.6 is 30.2 Å². The van der Waals surface area contributed by atoms with Crippen LogP contribution in [0.5, 0.6) is 0 Å². The van der Waals surface area contributed by atoms with Crippen molar-refractivity contribution < 1.29 is 4.79 Å². The Kier molecular flexibility index (Phi) is 7.07. The van der Waals surface area contributed by atoms with Crippen LogP contribution < -0.4 is 15.9 Å². The topological polar surface area (TPSA) is 53.2 Å². The predicted octanol–water partition coefficient (Wildman–Crippen LogP) is 6.04. The number of thioether (sulfide) groups is 1. The predicted molar refractivity (Wildman–Crippen MR) is 155 cm³/mol.